The predicted molar refractivity (Wildman–Crippen MR) is 255 cm³/mol. The maximum Gasteiger partial charge on any atom is 0.0715 e. The Morgan fingerprint density at radius 3 is 1.36 bits per heavy atom. The Morgan fingerprint density at radius 1 is 0.361 bits per heavy atom. The van der Waals surface area contributed by atoms with E-state index in [9.17, 15) is 5.41 Å². The minimum absolute atomic E-state index is 0.464. The lowest BCUT2D eigenvalue weighted by molar-refractivity contribution is 1.22. The summed E-state index contributed by atoms with van der Waals surface area (Å²) in [7, 11) is 0. The first-order chi connectivity index (χ1) is 30.1. The van der Waals surface area contributed by atoms with Crippen molar-refractivity contribution < 1.29 is 0 Å². The fourth-order valence-corrected chi connectivity index (χ4v) is 8.15. The zero-order chi connectivity index (χ0) is 41.0. The van der Waals surface area contributed by atoms with Gasteiger partial charge in [0.2, 0.25) is 0 Å². The van der Waals surface area contributed by atoms with E-state index in [1.807, 2.05) is 66.7 Å². The smallest absolute Gasteiger partial charge is 0.0715 e. The molecule has 3 nitrogen and oxygen atoms in total. The number of allylic oxidation sites excluding steroid dienone is 1. The first kappa shape index (κ1) is 37.2. The molecule has 2 N–H and O–H groups in total. The minimum Gasteiger partial charge on any atom is -0.354 e. The van der Waals surface area contributed by atoms with E-state index in [0.29, 0.717) is 5.71 Å². The number of benzene rings is 8. The van der Waals surface area contributed by atoms with E-state index >= 15 is 0 Å². The quantitative estimate of drug-likeness (QED) is 0.143. The van der Waals surface area contributed by atoms with Gasteiger partial charge in [0.15, 0.2) is 0 Å². The SMILES string of the molecule is N=C(/C(=C1\NC(c2ccccc2)=Cc2ccc(-c3ccc(-c4cccc(-c5cc(-c6ccccc6)nc(-c6ccccc6)c5)c4)cc3)cc21)c1ccccc1)c1ccccc1. The van der Waals surface area contributed by atoms with Crippen LogP contribution < -0.4 is 5.32 Å². The third-order valence-electron chi connectivity index (χ3n) is 11.3. The van der Waals surface area contributed by atoms with Gasteiger partial charge >= 0.3 is 0 Å². The van der Waals surface area contributed by atoms with Crippen LogP contribution in [0.15, 0.2) is 231 Å². The Balaban J connectivity index is 1.03. The van der Waals surface area contributed by atoms with Crippen LogP contribution in [0.1, 0.15) is 27.8 Å². The van der Waals surface area contributed by atoms with Crippen LogP contribution in [0.3, 0.4) is 0 Å². The summed E-state index contributed by atoms with van der Waals surface area (Å²) in [5.41, 5.74) is 19.2. The molecule has 61 heavy (non-hydrogen) atoms. The normalized spacial score (nSPS) is 12.8. The number of fused-ring (bicyclic) bond motifs is 1. The Labute approximate surface area is 357 Å². The van der Waals surface area contributed by atoms with Gasteiger partial charge in [-0.2, -0.15) is 0 Å². The van der Waals surface area contributed by atoms with Gasteiger partial charge in [-0.15, -0.1) is 0 Å². The molecular weight excluding hydrogens is 739 g/mol. The van der Waals surface area contributed by atoms with Gasteiger partial charge < -0.3 is 5.32 Å². The van der Waals surface area contributed by atoms with Crippen molar-refractivity contribution >= 4 is 28.8 Å². The summed E-state index contributed by atoms with van der Waals surface area (Å²) in [4.78, 5) is 5.09. The highest BCUT2D eigenvalue weighted by Crippen LogP contribution is 2.39. The third kappa shape index (κ3) is 7.76. The van der Waals surface area contributed by atoms with Gasteiger partial charge in [-0.1, -0.05) is 206 Å². The van der Waals surface area contributed by atoms with Crippen LogP contribution in [0, 0.1) is 5.41 Å². The molecule has 0 amide bonds. The number of pyridine rings is 1. The van der Waals surface area contributed by atoms with Gasteiger partial charge in [-0.3, -0.25) is 5.41 Å². The highest BCUT2D eigenvalue weighted by molar-refractivity contribution is 6.36. The Bertz CT molecular complexity index is 3000. The highest BCUT2D eigenvalue weighted by atomic mass is 14.9. The molecule has 0 aliphatic carbocycles. The Hall–Kier alpha value is -8.14. The molecule has 0 unspecified atom stereocenters. The van der Waals surface area contributed by atoms with Crippen molar-refractivity contribution in [2.45, 2.75) is 0 Å². The molecule has 0 atom stereocenters. The summed E-state index contributed by atoms with van der Waals surface area (Å²) in [6.45, 7) is 0. The fraction of sp³-hybridized carbons (Fsp3) is 0. The molecule has 8 aromatic carbocycles. The molecule has 0 spiro atoms. The van der Waals surface area contributed by atoms with E-state index in [-0.39, 0.29) is 0 Å². The first-order valence-electron chi connectivity index (χ1n) is 20.6. The van der Waals surface area contributed by atoms with Crippen molar-refractivity contribution in [3.8, 4) is 55.9 Å². The highest BCUT2D eigenvalue weighted by Gasteiger charge is 2.24. The van der Waals surface area contributed by atoms with Crippen LogP contribution in [-0.2, 0) is 0 Å². The van der Waals surface area contributed by atoms with Gasteiger partial charge in [0.05, 0.1) is 22.8 Å². The second-order valence-corrected chi connectivity index (χ2v) is 15.2. The number of aromatic nitrogens is 1. The predicted octanol–water partition coefficient (Wildman–Crippen LogP) is 14.5. The van der Waals surface area contributed by atoms with Gasteiger partial charge in [0, 0.05) is 33.5 Å². The summed E-state index contributed by atoms with van der Waals surface area (Å²) in [6, 6.07) is 80.2. The van der Waals surface area contributed by atoms with Crippen LogP contribution in [0.4, 0.5) is 0 Å². The summed E-state index contributed by atoms with van der Waals surface area (Å²) in [6.07, 6.45) is 2.22. The van der Waals surface area contributed by atoms with E-state index in [1.165, 1.54) is 0 Å². The topological polar surface area (TPSA) is 48.8 Å². The lowest BCUT2D eigenvalue weighted by Gasteiger charge is -2.27. The van der Waals surface area contributed by atoms with Crippen molar-refractivity contribution in [1.82, 2.24) is 10.3 Å². The Kier molecular flexibility index (Phi) is 10.1. The summed E-state index contributed by atoms with van der Waals surface area (Å²) in [5, 5.41) is 13.5. The molecule has 1 aliphatic heterocycles. The molecule has 0 saturated carbocycles. The van der Waals surface area contributed by atoms with E-state index in [1.54, 1.807) is 0 Å². The van der Waals surface area contributed by atoms with E-state index in [4.69, 9.17) is 4.98 Å². The number of hydrogen-bond donors (Lipinski definition) is 2. The van der Waals surface area contributed by atoms with Crippen molar-refractivity contribution in [1.29, 1.82) is 5.41 Å². The van der Waals surface area contributed by atoms with Crippen LogP contribution in [-0.4, -0.2) is 10.7 Å². The maximum absolute atomic E-state index is 9.64. The molecule has 0 bridgehead atoms. The van der Waals surface area contributed by atoms with Crippen LogP contribution in [0.5, 0.6) is 0 Å². The number of hydrogen-bond acceptors (Lipinski definition) is 3. The zero-order valence-corrected chi connectivity index (χ0v) is 33.5. The molecular formula is C58H41N3. The van der Waals surface area contributed by atoms with E-state index in [2.05, 4.69) is 175 Å². The average Bonchev–Trinajstić information content (AvgIpc) is 3.35. The van der Waals surface area contributed by atoms with Crippen LogP contribution in [0.2, 0.25) is 0 Å². The number of nitrogens with zero attached hydrogens (tertiary/aromatic N) is 1. The summed E-state index contributed by atoms with van der Waals surface area (Å²) in [5.74, 6) is 0. The molecule has 1 aromatic heterocycles. The summed E-state index contributed by atoms with van der Waals surface area (Å²) < 4.78 is 0. The maximum atomic E-state index is 9.64. The molecule has 2 heterocycles. The average molecular weight is 780 g/mol. The molecule has 1 aliphatic rings. The molecule has 3 heteroatoms. The van der Waals surface area contributed by atoms with Gasteiger partial charge in [-0.25, -0.2) is 4.98 Å². The second kappa shape index (κ2) is 16.6. The molecule has 288 valence electrons. The number of nitrogens with one attached hydrogen (secondary N) is 2. The summed E-state index contributed by atoms with van der Waals surface area (Å²) >= 11 is 0. The monoisotopic (exact) mass is 779 g/mol. The van der Waals surface area contributed by atoms with Crippen LogP contribution >= 0.6 is 0 Å². The van der Waals surface area contributed by atoms with Crippen molar-refractivity contribution in [3.63, 3.8) is 0 Å². The van der Waals surface area contributed by atoms with E-state index in [0.717, 1.165) is 101 Å². The second-order valence-electron chi connectivity index (χ2n) is 15.2. The minimum atomic E-state index is 0.464. The molecule has 0 saturated heterocycles. The van der Waals surface area contributed by atoms with Crippen LogP contribution in [0.25, 0.3) is 78.9 Å². The molecule has 0 fully saturated rings. The molecule has 0 radical (unpaired) electrons. The van der Waals surface area contributed by atoms with Gasteiger partial charge in [0.1, 0.15) is 0 Å². The van der Waals surface area contributed by atoms with Crippen molar-refractivity contribution in [2.24, 2.45) is 0 Å². The lowest BCUT2D eigenvalue weighted by atomic mass is 9.86. The van der Waals surface area contributed by atoms with Crippen molar-refractivity contribution in [2.75, 3.05) is 0 Å². The van der Waals surface area contributed by atoms with Crippen molar-refractivity contribution in [3.05, 3.63) is 258 Å². The molecule has 9 aromatic rings. The third-order valence-corrected chi connectivity index (χ3v) is 11.3. The largest absolute Gasteiger partial charge is 0.354 e. The number of rotatable bonds is 9. The van der Waals surface area contributed by atoms with Gasteiger partial charge in [0.25, 0.3) is 0 Å². The Morgan fingerprint density at radius 2 is 0.803 bits per heavy atom. The lowest BCUT2D eigenvalue weighted by Crippen LogP contribution is -2.20. The standard InChI is InChI=1S/C58H41N3/c59-57(46-25-14-5-15-26-46)56(45-23-12-4-13-24-45)58-52-36-49(33-34-50(52)37-55(61-58)44-21-10-3-11-22-44)41-31-29-40(30-32-41)47-27-16-28-48(35-47)51-38-53(42-17-6-1-7-18-42)60-54(39-51)43-19-8-2-9-20-43/h1-39,59,61H/b58-56-,59-57?. The zero-order valence-electron chi connectivity index (χ0n) is 33.5. The van der Waals surface area contributed by atoms with E-state index < -0.39 is 0 Å². The fourth-order valence-electron chi connectivity index (χ4n) is 8.15. The van der Waals surface area contributed by atoms with Gasteiger partial charge in [-0.05, 0) is 80.4 Å². The first-order valence-corrected chi connectivity index (χ1v) is 20.6. The molecule has 10 rings (SSSR count).